The zero-order valence-corrected chi connectivity index (χ0v) is 14.9. The van der Waals surface area contributed by atoms with Gasteiger partial charge in [-0.3, -0.25) is 0 Å². The van der Waals surface area contributed by atoms with E-state index in [-0.39, 0.29) is 48.2 Å². The van der Waals surface area contributed by atoms with Crippen LogP contribution in [0.5, 0.6) is 5.75 Å². The van der Waals surface area contributed by atoms with Crippen LogP contribution in [0.3, 0.4) is 0 Å². The molecule has 1 heterocycles. The van der Waals surface area contributed by atoms with Gasteiger partial charge in [-0.15, -0.1) is 24.8 Å². The second-order valence-corrected chi connectivity index (χ2v) is 5.68. The molecular formula is C16H21Cl2F2N3O. The lowest BCUT2D eigenvalue weighted by atomic mass is 9.91. The predicted molar refractivity (Wildman–Crippen MR) is 94.1 cm³/mol. The van der Waals surface area contributed by atoms with E-state index in [9.17, 15) is 8.78 Å². The first-order valence-corrected chi connectivity index (χ1v) is 7.42. The van der Waals surface area contributed by atoms with Gasteiger partial charge < -0.3 is 15.0 Å². The fraction of sp³-hybridized carbons (Fsp3) is 0.438. The van der Waals surface area contributed by atoms with Crippen molar-refractivity contribution in [1.29, 1.82) is 0 Å². The Balaban J connectivity index is 0.00000144. The van der Waals surface area contributed by atoms with E-state index in [1.54, 1.807) is 12.4 Å². The standard InChI is InChI=1S/C16H19F2N3O.2ClH/c1-22-13-6-5-12(17)15(18)14(13)16-20-7-8-21(16)11-4-2-3-10(19)9-11;;/h5-8,10-11H,2-4,9,19H2,1H3;2*1H/t10-,11+;;/m0../s1. The molecule has 0 bridgehead atoms. The van der Waals surface area contributed by atoms with E-state index < -0.39 is 11.6 Å². The summed E-state index contributed by atoms with van der Waals surface area (Å²) in [4.78, 5) is 4.23. The smallest absolute Gasteiger partial charge is 0.173 e. The molecule has 0 amide bonds. The number of ether oxygens (including phenoxy) is 1. The first-order chi connectivity index (χ1) is 10.6. The van der Waals surface area contributed by atoms with Crippen molar-refractivity contribution in [1.82, 2.24) is 9.55 Å². The van der Waals surface area contributed by atoms with E-state index in [1.165, 1.54) is 13.2 Å². The molecule has 1 aliphatic rings. The van der Waals surface area contributed by atoms with Crippen LogP contribution in [0.2, 0.25) is 0 Å². The number of hydrogen-bond acceptors (Lipinski definition) is 3. The van der Waals surface area contributed by atoms with Crippen LogP contribution in [0.15, 0.2) is 24.5 Å². The summed E-state index contributed by atoms with van der Waals surface area (Å²) >= 11 is 0. The number of rotatable bonds is 3. The molecule has 0 spiro atoms. The highest BCUT2D eigenvalue weighted by molar-refractivity contribution is 5.85. The highest BCUT2D eigenvalue weighted by atomic mass is 35.5. The van der Waals surface area contributed by atoms with E-state index in [0.717, 1.165) is 31.7 Å². The fourth-order valence-corrected chi connectivity index (χ4v) is 3.17. The maximum absolute atomic E-state index is 14.3. The number of methoxy groups -OCH3 is 1. The molecule has 0 unspecified atom stereocenters. The average molecular weight is 380 g/mol. The second kappa shape index (κ2) is 8.65. The topological polar surface area (TPSA) is 53.1 Å². The Kier molecular flexibility index (Phi) is 7.45. The number of nitrogens with zero attached hydrogens (tertiary/aromatic N) is 2. The van der Waals surface area contributed by atoms with Gasteiger partial charge in [-0.05, 0) is 37.8 Å². The highest BCUT2D eigenvalue weighted by Gasteiger charge is 2.26. The van der Waals surface area contributed by atoms with Gasteiger partial charge in [0.15, 0.2) is 11.6 Å². The van der Waals surface area contributed by atoms with Gasteiger partial charge in [0, 0.05) is 24.5 Å². The molecule has 3 rings (SSSR count). The molecule has 1 aromatic heterocycles. The number of hydrogen-bond donors (Lipinski definition) is 1. The first-order valence-electron chi connectivity index (χ1n) is 7.42. The third kappa shape index (κ3) is 3.82. The number of imidazole rings is 1. The molecule has 2 N–H and O–H groups in total. The summed E-state index contributed by atoms with van der Waals surface area (Å²) in [5.41, 5.74) is 6.10. The molecule has 1 aromatic carbocycles. The van der Waals surface area contributed by atoms with Crippen molar-refractivity contribution in [2.75, 3.05) is 7.11 Å². The molecule has 24 heavy (non-hydrogen) atoms. The van der Waals surface area contributed by atoms with Gasteiger partial charge in [0.1, 0.15) is 11.6 Å². The monoisotopic (exact) mass is 379 g/mol. The van der Waals surface area contributed by atoms with Gasteiger partial charge >= 0.3 is 0 Å². The van der Waals surface area contributed by atoms with Gasteiger partial charge in [-0.2, -0.15) is 0 Å². The largest absolute Gasteiger partial charge is 0.496 e. The predicted octanol–water partition coefficient (Wildman–Crippen LogP) is 4.12. The van der Waals surface area contributed by atoms with Gasteiger partial charge in [-0.25, -0.2) is 13.8 Å². The summed E-state index contributed by atoms with van der Waals surface area (Å²) in [6.45, 7) is 0. The van der Waals surface area contributed by atoms with Crippen molar-refractivity contribution in [3.05, 3.63) is 36.2 Å². The minimum atomic E-state index is -0.938. The molecular weight excluding hydrogens is 359 g/mol. The van der Waals surface area contributed by atoms with Gasteiger partial charge in [0.2, 0.25) is 0 Å². The molecule has 134 valence electrons. The Morgan fingerprint density at radius 1 is 1.25 bits per heavy atom. The lowest BCUT2D eigenvalue weighted by Gasteiger charge is -2.29. The summed E-state index contributed by atoms with van der Waals surface area (Å²) in [7, 11) is 1.43. The van der Waals surface area contributed by atoms with Crippen molar-refractivity contribution in [2.45, 2.75) is 37.8 Å². The number of aromatic nitrogens is 2. The Bertz CT molecular complexity index is 681. The summed E-state index contributed by atoms with van der Waals surface area (Å²) < 4.78 is 35.0. The van der Waals surface area contributed by atoms with Crippen molar-refractivity contribution in [3.8, 4) is 17.1 Å². The molecule has 4 nitrogen and oxygen atoms in total. The maximum atomic E-state index is 14.3. The zero-order chi connectivity index (χ0) is 15.7. The van der Waals surface area contributed by atoms with Gasteiger partial charge in [-0.1, -0.05) is 0 Å². The maximum Gasteiger partial charge on any atom is 0.173 e. The average Bonchev–Trinajstić information content (AvgIpc) is 2.99. The van der Waals surface area contributed by atoms with E-state index in [2.05, 4.69) is 4.98 Å². The van der Waals surface area contributed by atoms with Crippen molar-refractivity contribution >= 4 is 24.8 Å². The van der Waals surface area contributed by atoms with Crippen LogP contribution >= 0.6 is 24.8 Å². The SMILES string of the molecule is COc1ccc(F)c(F)c1-c1nccn1[C@@H]1CCC[C@H](N)C1.Cl.Cl. The van der Waals surface area contributed by atoms with Crippen molar-refractivity contribution in [2.24, 2.45) is 5.73 Å². The lowest BCUT2D eigenvalue weighted by Crippen LogP contribution is -2.29. The third-order valence-electron chi connectivity index (χ3n) is 4.25. The first kappa shape index (κ1) is 20.7. The Hall–Kier alpha value is -1.37. The van der Waals surface area contributed by atoms with E-state index in [0.29, 0.717) is 5.82 Å². The van der Waals surface area contributed by atoms with Crippen LogP contribution in [-0.2, 0) is 0 Å². The summed E-state index contributed by atoms with van der Waals surface area (Å²) in [5.74, 6) is -1.20. The van der Waals surface area contributed by atoms with E-state index >= 15 is 0 Å². The third-order valence-corrected chi connectivity index (χ3v) is 4.25. The van der Waals surface area contributed by atoms with Crippen LogP contribution < -0.4 is 10.5 Å². The fourth-order valence-electron chi connectivity index (χ4n) is 3.17. The lowest BCUT2D eigenvalue weighted by molar-refractivity contribution is 0.321. The molecule has 1 fully saturated rings. The molecule has 0 aliphatic heterocycles. The molecule has 1 saturated carbocycles. The van der Waals surface area contributed by atoms with Crippen LogP contribution in [0.1, 0.15) is 31.7 Å². The van der Waals surface area contributed by atoms with Crippen LogP contribution in [0.25, 0.3) is 11.4 Å². The Morgan fingerprint density at radius 3 is 2.67 bits per heavy atom. The molecule has 2 aromatic rings. The van der Waals surface area contributed by atoms with Crippen molar-refractivity contribution < 1.29 is 13.5 Å². The normalized spacial score (nSPS) is 20.0. The summed E-state index contributed by atoms with van der Waals surface area (Å²) in [6.07, 6.45) is 7.17. The molecule has 2 atom stereocenters. The minimum Gasteiger partial charge on any atom is -0.496 e. The van der Waals surface area contributed by atoms with Crippen LogP contribution in [-0.4, -0.2) is 22.7 Å². The Morgan fingerprint density at radius 2 is 2.00 bits per heavy atom. The molecule has 0 saturated heterocycles. The molecule has 8 heteroatoms. The summed E-state index contributed by atoms with van der Waals surface area (Å²) in [5, 5.41) is 0. The van der Waals surface area contributed by atoms with Crippen LogP contribution in [0, 0.1) is 11.6 Å². The quantitative estimate of drug-likeness (QED) is 0.872. The molecule has 0 radical (unpaired) electrons. The molecule has 1 aliphatic carbocycles. The van der Waals surface area contributed by atoms with Crippen molar-refractivity contribution in [3.63, 3.8) is 0 Å². The summed E-state index contributed by atoms with van der Waals surface area (Å²) in [6, 6.07) is 2.75. The zero-order valence-electron chi connectivity index (χ0n) is 13.2. The second-order valence-electron chi connectivity index (χ2n) is 5.68. The van der Waals surface area contributed by atoms with Gasteiger partial charge in [0.05, 0.1) is 12.7 Å². The van der Waals surface area contributed by atoms with Crippen LogP contribution in [0.4, 0.5) is 8.78 Å². The highest BCUT2D eigenvalue weighted by Crippen LogP contribution is 2.37. The number of nitrogens with two attached hydrogens (primary N) is 1. The van der Waals surface area contributed by atoms with Gasteiger partial charge in [0.25, 0.3) is 0 Å². The number of halogens is 4. The number of benzene rings is 1. The van der Waals surface area contributed by atoms with E-state index in [4.69, 9.17) is 10.5 Å². The van der Waals surface area contributed by atoms with E-state index in [1.807, 2.05) is 4.57 Å². The minimum absolute atomic E-state index is 0. The Labute approximate surface area is 152 Å².